The van der Waals surface area contributed by atoms with E-state index in [0.717, 1.165) is 25.7 Å². The summed E-state index contributed by atoms with van der Waals surface area (Å²) in [5.41, 5.74) is 14.0. The van der Waals surface area contributed by atoms with Crippen LogP contribution in [0.5, 0.6) is 0 Å². The van der Waals surface area contributed by atoms with Gasteiger partial charge in [0.15, 0.2) is 5.82 Å². The third-order valence-corrected chi connectivity index (χ3v) is 6.64. The van der Waals surface area contributed by atoms with Crippen LogP contribution in [0.1, 0.15) is 31.2 Å². The van der Waals surface area contributed by atoms with Crippen LogP contribution in [0.15, 0.2) is 35.4 Å². The van der Waals surface area contributed by atoms with Crippen LogP contribution in [0.25, 0.3) is 22.5 Å². The smallest absolute Gasteiger partial charge is 0.239 e. The Bertz CT molecular complexity index is 1120. The highest BCUT2D eigenvalue weighted by Gasteiger charge is 2.28. The van der Waals surface area contributed by atoms with Crippen molar-refractivity contribution in [2.45, 2.75) is 43.0 Å². The number of benzene rings is 1. The van der Waals surface area contributed by atoms with E-state index in [1.165, 1.54) is 0 Å². The summed E-state index contributed by atoms with van der Waals surface area (Å²) in [5, 5.41) is 19.6. The van der Waals surface area contributed by atoms with Crippen LogP contribution in [-0.4, -0.2) is 40.1 Å². The van der Waals surface area contributed by atoms with E-state index in [1.807, 2.05) is 12.1 Å². The van der Waals surface area contributed by atoms with Gasteiger partial charge in [0, 0.05) is 23.4 Å². The van der Waals surface area contributed by atoms with Gasteiger partial charge in [0.25, 0.3) is 0 Å². The monoisotopic (exact) mass is 428 g/mol. The number of primary sulfonamides is 1. The van der Waals surface area contributed by atoms with Crippen molar-refractivity contribution >= 4 is 15.8 Å². The minimum Gasteiger partial charge on any atom is -0.384 e. The predicted molar refractivity (Wildman–Crippen MR) is 112 cm³/mol. The predicted octanol–water partition coefficient (Wildman–Crippen LogP) is 1.22. The quantitative estimate of drug-likeness (QED) is 0.468. The molecule has 11 heteroatoms. The highest BCUT2D eigenvalue weighted by Crippen LogP contribution is 2.39. The molecule has 4 rings (SSSR count). The van der Waals surface area contributed by atoms with Crippen molar-refractivity contribution in [3.05, 3.63) is 36.0 Å². The molecule has 0 bridgehead atoms. The van der Waals surface area contributed by atoms with Crippen LogP contribution in [-0.2, 0) is 16.4 Å². The molecule has 1 saturated carbocycles. The molecule has 7 N–H and O–H groups in total. The SMILES string of the molecule is Nc1ccc(-c2ccc(C[C@H]3CC[C@@H](N)CC3)c(S(N)(=O)=O)c2-c2nnn[nH]2)cn1. The van der Waals surface area contributed by atoms with Gasteiger partial charge in [-0.1, -0.05) is 12.1 Å². The molecule has 1 fully saturated rings. The van der Waals surface area contributed by atoms with Gasteiger partial charge in [-0.2, -0.15) is 0 Å². The molecular formula is C19H24N8O2S. The van der Waals surface area contributed by atoms with Gasteiger partial charge in [0.1, 0.15) is 5.82 Å². The van der Waals surface area contributed by atoms with Crippen molar-refractivity contribution in [1.82, 2.24) is 25.6 Å². The first-order valence-electron chi connectivity index (χ1n) is 9.73. The Kier molecular flexibility index (Phi) is 5.50. The van der Waals surface area contributed by atoms with E-state index in [1.54, 1.807) is 18.3 Å². The Morgan fingerprint density at radius 1 is 1.10 bits per heavy atom. The lowest BCUT2D eigenvalue weighted by atomic mass is 9.82. The zero-order chi connectivity index (χ0) is 21.3. The van der Waals surface area contributed by atoms with E-state index in [2.05, 4.69) is 25.6 Å². The molecule has 0 unspecified atom stereocenters. The topological polar surface area (TPSA) is 180 Å². The molecule has 30 heavy (non-hydrogen) atoms. The maximum atomic E-state index is 12.7. The minimum atomic E-state index is -4.08. The molecule has 2 heterocycles. The number of rotatable bonds is 5. The lowest BCUT2D eigenvalue weighted by Crippen LogP contribution is -2.27. The average molecular weight is 429 g/mol. The molecule has 0 amide bonds. The van der Waals surface area contributed by atoms with Gasteiger partial charge >= 0.3 is 0 Å². The van der Waals surface area contributed by atoms with E-state index >= 15 is 0 Å². The summed E-state index contributed by atoms with van der Waals surface area (Å²) in [6, 6.07) is 7.29. The van der Waals surface area contributed by atoms with E-state index < -0.39 is 10.0 Å². The van der Waals surface area contributed by atoms with Crippen LogP contribution in [0.4, 0.5) is 5.82 Å². The molecule has 158 valence electrons. The number of anilines is 1. The van der Waals surface area contributed by atoms with Crippen molar-refractivity contribution < 1.29 is 8.42 Å². The fourth-order valence-electron chi connectivity index (χ4n) is 4.12. The van der Waals surface area contributed by atoms with Crippen molar-refractivity contribution in [3.63, 3.8) is 0 Å². The Hall–Kier alpha value is -2.89. The van der Waals surface area contributed by atoms with Crippen molar-refractivity contribution in [2.24, 2.45) is 16.8 Å². The zero-order valence-corrected chi connectivity index (χ0v) is 17.1. The molecule has 0 spiro atoms. The number of nitrogens with zero attached hydrogens (tertiary/aromatic N) is 4. The molecule has 0 aliphatic heterocycles. The van der Waals surface area contributed by atoms with Crippen LogP contribution in [0.2, 0.25) is 0 Å². The second-order valence-corrected chi connectivity index (χ2v) is 9.23. The minimum absolute atomic E-state index is 0.0326. The lowest BCUT2D eigenvalue weighted by Gasteiger charge is -2.27. The first-order valence-corrected chi connectivity index (χ1v) is 11.3. The highest BCUT2D eigenvalue weighted by atomic mass is 32.2. The second-order valence-electron chi connectivity index (χ2n) is 7.73. The zero-order valence-electron chi connectivity index (χ0n) is 16.3. The Balaban J connectivity index is 1.88. The standard InChI is InChI=1S/C19H24N8O2S/c20-14-5-1-11(2-6-14)9-12-3-7-15(13-4-8-16(21)23-10-13)17(18(12)30(22,28)29)19-24-26-27-25-19/h3-4,7-8,10-11,14H,1-2,5-6,9,20H2,(H2,21,23)(H2,22,28,29)(H,24,25,26,27)/t11-,14+. The Labute approximate surface area is 174 Å². The molecule has 1 aliphatic rings. The van der Waals surface area contributed by atoms with Gasteiger partial charge < -0.3 is 11.5 Å². The number of hydrogen-bond donors (Lipinski definition) is 4. The summed E-state index contributed by atoms with van der Waals surface area (Å²) in [5.74, 6) is 0.925. The van der Waals surface area contributed by atoms with E-state index in [9.17, 15) is 8.42 Å². The summed E-state index contributed by atoms with van der Waals surface area (Å²) >= 11 is 0. The van der Waals surface area contributed by atoms with Gasteiger partial charge in [-0.25, -0.2) is 23.6 Å². The molecule has 0 saturated heterocycles. The van der Waals surface area contributed by atoms with Crippen molar-refractivity contribution in [3.8, 4) is 22.5 Å². The van der Waals surface area contributed by atoms with Gasteiger partial charge in [-0.15, -0.1) is 5.10 Å². The summed E-state index contributed by atoms with van der Waals surface area (Å²) in [4.78, 5) is 4.15. The molecule has 0 atom stereocenters. The molecule has 0 radical (unpaired) electrons. The summed E-state index contributed by atoms with van der Waals surface area (Å²) in [6.45, 7) is 0. The third-order valence-electron chi connectivity index (χ3n) is 5.60. The number of hydrogen-bond acceptors (Lipinski definition) is 8. The second kappa shape index (κ2) is 8.09. The largest absolute Gasteiger partial charge is 0.384 e. The number of tetrazole rings is 1. The fraction of sp³-hybridized carbons (Fsp3) is 0.368. The molecule has 2 aromatic heterocycles. The van der Waals surface area contributed by atoms with Crippen LogP contribution in [0, 0.1) is 5.92 Å². The first kappa shape index (κ1) is 20.4. The number of nitrogens with two attached hydrogens (primary N) is 3. The lowest BCUT2D eigenvalue weighted by molar-refractivity contribution is 0.323. The highest BCUT2D eigenvalue weighted by molar-refractivity contribution is 7.89. The van der Waals surface area contributed by atoms with Gasteiger partial charge in [0.2, 0.25) is 10.0 Å². The van der Waals surface area contributed by atoms with Gasteiger partial charge in [0.05, 0.1) is 4.90 Å². The van der Waals surface area contributed by atoms with E-state index in [0.29, 0.717) is 40.4 Å². The van der Waals surface area contributed by atoms with Crippen molar-refractivity contribution in [1.29, 1.82) is 0 Å². The summed E-state index contributed by atoms with van der Waals surface area (Å²) in [6.07, 6.45) is 5.94. The molecule has 1 aromatic carbocycles. The Morgan fingerprint density at radius 2 is 1.87 bits per heavy atom. The number of H-pyrrole nitrogens is 1. The van der Waals surface area contributed by atoms with Gasteiger partial charge in [-0.3, -0.25) is 0 Å². The van der Waals surface area contributed by atoms with Crippen LogP contribution < -0.4 is 16.6 Å². The van der Waals surface area contributed by atoms with Crippen LogP contribution in [0.3, 0.4) is 0 Å². The molecule has 10 nitrogen and oxygen atoms in total. The fourth-order valence-corrected chi connectivity index (χ4v) is 5.13. The number of aromatic amines is 1. The Morgan fingerprint density at radius 3 is 2.47 bits per heavy atom. The number of nitrogens with one attached hydrogen (secondary N) is 1. The third kappa shape index (κ3) is 4.18. The van der Waals surface area contributed by atoms with Crippen LogP contribution >= 0.6 is 0 Å². The molecule has 1 aliphatic carbocycles. The summed E-state index contributed by atoms with van der Waals surface area (Å²) in [7, 11) is -4.08. The van der Waals surface area contributed by atoms with E-state index in [-0.39, 0.29) is 16.8 Å². The molecule has 3 aromatic rings. The van der Waals surface area contributed by atoms with Gasteiger partial charge in [-0.05, 0) is 71.7 Å². The molecular weight excluding hydrogens is 404 g/mol. The number of nitrogen functional groups attached to an aromatic ring is 1. The number of sulfonamides is 1. The maximum Gasteiger partial charge on any atom is 0.239 e. The number of aromatic nitrogens is 5. The normalized spacial score (nSPS) is 19.7. The first-order chi connectivity index (χ1) is 14.3. The van der Waals surface area contributed by atoms with Crippen molar-refractivity contribution in [2.75, 3.05) is 5.73 Å². The maximum absolute atomic E-state index is 12.7. The number of pyridine rings is 1. The van der Waals surface area contributed by atoms with E-state index in [4.69, 9.17) is 16.6 Å². The average Bonchev–Trinajstić information content (AvgIpc) is 3.24. The summed E-state index contributed by atoms with van der Waals surface area (Å²) < 4.78 is 25.5.